The highest BCUT2D eigenvalue weighted by molar-refractivity contribution is 9.10. The highest BCUT2D eigenvalue weighted by Gasteiger charge is 2.12. The van der Waals surface area contributed by atoms with E-state index in [9.17, 15) is 4.79 Å². The van der Waals surface area contributed by atoms with E-state index in [-0.39, 0.29) is 11.7 Å². The van der Waals surface area contributed by atoms with Crippen LogP contribution in [0.4, 0.5) is 0 Å². The molecule has 0 fully saturated rings. The first kappa shape index (κ1) is 18.3. The SMILES string of the molecule is Cn1c(SCC(=O)NN=Cc2cccnc2)nnc1-c1ccc(Br)cc1. The number of rotatable bonds is 6. The minimum Gasteiger partial charge on any atom is -0.305 e. The van der Waals surface area contributed by atoms with Crippen molar-refractivity contribution in [1.29, 1.82) is 0 Å². The summed E-state index contributed by atoms with van der Waals surface area (Å²) in [5.74, 6) is 0.717. The van der Waals surface area contributed by atoms with E-state index in [0.717, 1.165) is 21.4 Å². The molecule has 3 aromatic rings. The van der Waals surface area contributed by atoms with Crippen LogP contribution in [0.15, 0.2) is 63.5 Å². The summed E-state index contributed by atoms with van der Waals surface area (Å²) in [4.78, 5) is 15.9. The Bertz CT molecular complexity index is 911. The van der Waals surface area contributed by atoms with Gasteiger partial charge in [0.2, 0.25) is 0 Å². The van der Waals surface area contributed by atoms with Gasteiger partial charge in [-0.05, 0) is 18.2 Å². The first-order chi connectivity index (χ1) is 12.6. The molecule has 3 rings (SSSR count). The molecule has 0 radical (unpaired) electrons. The number of carbonyl (C=O) groups excluding carboxylic acids is 1. The molecule has 1 N–H and O–H groups in total. The first-order valence-electron chi connectivity index (χ1n) is 7.63. The van der Waals surface area contributed by atoms with Gasteiger partial charge in [0.05, 0.1) is 12.0 Å². The van der Waals surface area contributed by atoms with Crippen molar-refractivity contribution in [2.75, 3.05) is 5.75 Å². The maximum Gasteiger partial charge on any atom is 0.250 e. The molecule has 1 amide bonds. The number of carbonyl (C=O) groups is 1. The van der Waals surface area contributed by atoms with Gasteiger partial charge in [0.1, 0.15) is 0 Å². The minimum absolute atomic E-state index is 0.191. The third kappa shape index (κ3) is 4.77. The largest absolute Gasteiger partial charge is 0.305 e. The number of amides is 1. The lowest BCUT2D eigenvalue weighted by Crippen LogP contribution is -2.19. The molecule has 132 valence electrons. The number of halogens is 1. The number of nitrogens with one attached hydrogen (secondary N) is 1. The Morgan fingerprint density at radius 3 is 2.85 bits per heavy atom. The first-order valence-corrected chi connectivity index (χ1v) is 9.41. The van der Waals surface area contributed by atoms with Gasteiger partial charge >= 0.3 is 0 Å². The van der Waals surface area contributed by atoms with Crippen LogP contribution in [0, 0.1) is 0 Å². The summed E-state index contributed by atoms with van der Waals surface area (Å²) >= 11 is 4.71. The zero-order valence-corrected chi connectivity index (χ0v) is 16.2. The van der Waals surface area contributed by atoms with Gasteiger partial charge in [-0.25, -0.2) is 5.43 Å². The van der Waals surface area contributed by atoms with Gasteiger partial charge in [-0.3, -0.25) is 9.78 Å². The Balaban J connectivity index is 1.55. The molecule has 0 atom stereocenters. The van der Waals surface area contributed by atoms with Crippen LogP contribution < -0.4 is 5.43 Å². The molecule has 0 unspecified atom stereocenters. The van der Waals surface area contributed by atoms with Crippen LogP contribution in [-0.4, -0.2) is 37.6 Å². The molecule has 2 aromatic heterocycles. The number of hydrazone groups is 1. The number of nitrogens with zero attached hydrogens (tertiary/aromatic N) is 5. The Kier molecular flexibility index (Phi) is 6.13. The molecule has 26 heavy (non-hydrogen) atoms. The maximum absolute atomic E-state index is 11.9. The van der Waals surface area contributed by atoms with Crippen LogP contribution in [-0.2, 0) is 11.8 Å². The van der Waals surface area contributed by atoms with Gasteiger partial charge in [-0.2, -0.15) is 5.10 Å². The number of hydrogen-bond donors (Lipinski definition) is 1. The summed E-state index contributed by atoms with van der Waals surface area (Å²) in [7, 11) is 1.87. The summed E-state index contributed by atoms with van der Waals surface area (Å²) in [5.41, 5.74) is 4.26. The summed E-state index contributed by atoms with van der Waals surface area (Å²) in [5, 5.41) is 12.9. The number of hydrogen-bond acceptors (Lipinski definition) is 6. The second-order valence-corrected chi connectivity index (χ2v) is 7.10. The summed E-state index contributed by atoms with van der Waals surface area (Å²) < 4.78 is 2.86. The van der Waals surface area contributed by atoms with Gasteiger partial charge in [0.15, 0.2) is 11.0 Å². The summed E-state index contributed by atoms with van der Waals surface area (Å²) in [6, 6.07) is 11.5. The van der Waals surface area contributed by atoms with E-state index in [1.165, 1.54) is 11.8 Å². The van der Waals surface area contributed by atoms with Crippen LogP contribution >= 0.6 is 27.7 Å². The molecule has 0 saturated heterocycles. The molecular weight excluding hydrogens is 416 g/mol. The fraction of sp³-hybridized carbons (Fsp3) is 0.118. The molecule has 0 spiro atoms. The third-order valence-corrected chi connectivity index (χ3v) is 4.91. The molecule has 0 aliphatic rings. The van der Waals surface area contributed by atoms with Crippen LogP contribution in [0.5, 0.6) is 0 Å². The van der Waals surface area contributed by atoms with E-state index < -0.39 is 0 Å². The predicted octanol–water partition coefficient (Wildman–Crippen LogP) is 2.88. The topological polar surface area (TPSA) is 85.1 Å². The third-order valence-electron chi connectivity index (χ3n) is 3.36. The van der Waals surface area contributed by atoms with Crippen molar-refractivity contribution in [3.8, 4) is 11.4 Å². The van der Waals surface area contributed by atoms with Crippen molar-refractivity contribution in [3.63, 3.8) is 0 Å². The minimum atomic E-state index is -0.219. The van der Waals surface area contributed by atoms with Gasteiger partial charge in [-0.15, -0.1) is 10.2 Å². The van der Waals surface area contributed by atoms with Crippen molar-refractivity contribution in [2.45, 2.75) is 5.16 Å². The maximum atomic E-state index is 11.9. The zero-order chi connectivity index (χ0) is 18.4. The Hall–Kier alpha value is -2.52. The van der Waals surface area contributed by atoms with Crippen LogP contribution in [0.1, 0.15) is 5.56 Å². The van der Waals surface area contributed by atoms with Gasteiger partial charge in [0.25, 0.3) is 5.91 Å². The number of aromatic nitrogens is 4. The van der Waals surface area contributed by atoms with E-state index in [1.807, 2.05) is 41.9 Å². The average molecular weight is 431 g/mol. The monoisotopic (exact) mass is 430 g/mol. The van der Waals surface area contributed by atoms with Crippen LogP contribution in [0.2, 0.25) is 0 Å². The number of pyridine rings is 1. The number of thioether (sulfide) groups is 1. The Morgan fingerprint density at radius 2 is 2.12 bits per heavy atom. The molecule has 1 aromatic carbocycles. The Morgan fingerprint density at radius 1 is 1.31 bits per heavy atom. The molecular formula is C17H15BrN6OS. The highest BCUT2D eigenvalue weighted by atomic mass is 79.9. The van der Waals surface area contributed by atoms with Crippen LogP contribution in [0.25, 0.3) is 11.4 Å². The lowest BCUT2D eigenvalue weighted by Gasteiger charge is -2.04. The van der Waals surface area contributed by atoms with E-state index in [2.05, 4.69) is 41.6 Å². The van der Waals surface area contributed by atoms with E-state index in [1.54, 1.807) is 24.7 Å². The standard InChI is InChI=1S/C17H15BrN6OS/c1-24-16(13-4-6-14(18)7-5-13)22-23-17(24)26-11-15(25)21-20-10-12-3-2-8-19-9-12/h2-10H,11H2,1H3,(H,21,25). The second kappa shape index (κ2) is 8.72. The lowest BCUT2D eigenvalue weighted by atomic mass is 10.2. The second-order valence-electron chi connectivity index (χ2n) is 5.24. The molecule has 0 bridgehead atoms. The summed E-state index contributed by atoms with van der Waals surface area (Å²) in [6.45, 7) is 0. The summed E-state index contributed by atoms with van der Waals surface area (Å²) in [6.07, 6.45) is 4.88. The molecule has 7 nitrogen and oxygen atoms in total. The fourth-order valence-electron chi connectivity index (χ4n) is 2.08. The predicted molar refractivity (Wildman–Crippen MR) is 105 cm³/mol. The normalized spacial score (nSPS) is 11.0. The van der Waals surface area contributed by atoms with Gasteiger partial charge in [-0.1, -0.05) is 45.9 Å². The molecule has 0 saturated carbocycles. The average Bonchev–Trinajstić information content (AvgIpc) is 3.02. The van der Waals surface area contributed by atoms with Crippen molar-refractivity contribution in [1.82, 2.24) is 25.2 Å². The van der Waals surface area contributed by atoms with E-state index in [0.29, 0.717) is 5.16 Å². The Labute approximate surface area is 163 Å². The molecule has 0 aliphatic carbocycles. The van der Waals surface area contributed by atoms with Gasteiger partial charge < -0.3 is 4.57 Å². The molecule has 9 heteroatoms. The van der Waals surface area contributed by atoms with Gasteiger partial charge in [0, 0.05) is 35.0 Å². The van der Waals surface area contributed by atoms with Crippen molar-refractivity contribution in [3.05, 3.63) is 58.8 Å². The van der Waals surface area contributed by atoms with Crippen molar-refractivity contribution >= 4 is 39.8 Å². The smallest absolute Gasteiger partial charge is 0.250 e. The van der Waals surface area contributed by atoms with Crippen LogP contribution in [0.3, 0.4) is 0 Å². The number of benzene rings is 1. The van der Waals surface area contributed by atoms with Crippen molar-refractivity contribution < 1.29 is 4.79 Å². The van der Waals surface area contributed by atoms with E-state index in [4.69, 9.17) is 0 Å². The fourth-order valence-corrected chi connectivity index (χ4v) is 3.05. The molecule has 0 aliphatic heterocycles. The lowest BCUT2D eigenvalue weighted by molar-refractivity contribution is -0.118. The van der Waals surface area contributed by atoms with E-state index >= 15 is 0 Å². The highest BCUT2D eigenvalue weighted by Crippen LogP contribution is 2.23. The zero-order valence-electron chi connectivity index (χ0n) is 13.8. The molecule has 2 heterocycles. The quantitative estimate of drug-likeness (QED) is 0.369. The van der Waals surface area contributed by atoms with Crippen molar-refractivity contribution in [2.24, 2.45) is 12.1 Å².